The van der Waals surface area contributed by atoms with Crippen molar-refractivity contribution < 1.29 is 4.42 Å². The minimum Gasteiger partial charge on any atom is -0.468 e. The largest absolute Gasteiger partial charge is 0.468 e. The van der Waals surface area contributed by atoms with Crippen molar-refractivity contribution >= 4 is 0 Å². The first-order valence-electron chi connectivity index (χ1n) is 4.65. The van der Waals surface area contributed by atoms with Gasteiger partial charge in [0.05, 0.1) is 12.3 Å². The van der Waals surface area contributed by atoms with Gasteiger partial charge in [-0.2, -0.15) is 0 Å². The summed E-state index contributed by atoms with van der Waals surface area (Å²) in [5, 5.41) is 0. The van der Waals surface area contributed by atoms with Crippen LogP contribution in [0.5, 0.6) is 0 Å². The van der Waals surface area contributed by atoms with Crippen molar-refractivity contribution in [2.45, 2.75) is 18.9 Å². The predicted octanol–water partition coefficient (Wildman–Crippen LogP) is 1.62. The highest BCUT2D eigenvalue weighted by Crippen LogP contribution is 2.23. The van der Waals surface area contributed by atoms with Crippen molar-refractivity contribution in [2.75, 3.05) is 20.6 Å². The summed E-state index contributed by atoms with van der Waals surface area (Å²) in [5.74, 6) is 1.03. The van der Waals surface area contributed by atoms with Crippen LogP contribution in [0.3, 0.4) is 0 Å². The smallest absolute Gasteiger partial charge is 0.120 e. The second-order valence-corrected chi connectivity index (χ2v) is 3.43. The molecule has 13 heavy (non-hydrogen) atoms. The molecular formula is C10H18N2O. The van der Waals surface area contributed by atoms with Crippen LogP contribution in [-0.2, 0) is 0 Å². The summed E-state index contributed by atoms with van der Waals surface area (Å²) in [7, 11) is 4.12. The van der Waals surface area contributed by atoms with Gasteiger partial charge in [-0.3, -0.25) is 4.90 Å². The van der Waals surface area contributed by atoms with Crippen molar-refractivity contribution in [3.63, 3.8) is 0 Å². The zero-order valence-corrected chi connectivity index (χ0v) is 8.36. The first kappa shape index (κ1) is 10.3. The van der Waals surface area contributed by atoms with E-state index in [0.717, 1.165) is 25.1 Å². The number of hydrogen-bond acceptors (Lipinski definition) is 3. The Balaban J connectivity index is 2.58. The van der Waals surface area contributed by atoms with Crippen LogP contribution >= 0.6 is 0 Å². The zero-order chi connectivity index (χ0) is 9.68. The molecule has 3 nitrogen and oxygen atoms in total. The minimum absolute atomic E-state index is 0.360. The second kappa shape index (κ2) is 5.04. The van der Waals surface area contributed by atoms with Gasteiger partial charge in [0.2, 0.25) is 0 Å². The lowest BCUT2D eigenvalue weighted by molar-refractivity contribution is 0.242. The lowest BCUT2D eigenvalue weighted by atomic mass is 10.1. The van der Waals surface area contributed by atoms with E-state index in [4.69, 9.17) is 10.2 Å². The molecule has 1 atom stereocenters. The van der Waals surface area contributed by atoms with E-state index in [1.807, 2.05) is 12.1 Å². The molecule has 0 fully saturated rings. The molecule has 0 saturated heterocycles. The minimum atomic E-state index is 0.360. The van der Waals surface area contributed by atoms with Gasteiger partial charge in [-0.1, -0.05) is 0 Å². The third-order valence-corrected chi connectivity index (χ3v) is 2.18. The summed E-state index contributed by atoms with van der Waals surface area (Å²) in [5.41, 5.74) is 5.48. The molecule has 1 heterocycles. The van der Waals surface area contributed by atoms with Crippen molar-refractivity contribution in [1.82, 2.24) is 4.90 Å². The zero-order valence-electron chi connectivity index (χ0n) is 8.36. The molecule has 0 bridgehead atoms. The highest BCUT2D eigenvalue weighted by Gasteiger charge is 2.15. The van der Waals surface area contributed by atoms with Crippen molar-refractivity contribution in [3.8, 4) is 0 Å². The molecule has 74 valence electrons. The van der Waals surface area contributed by atoms with E-state index in [1.165, 1.54) is 0 Å². The van der Waals surface area contributed by atoms with E-state index in [2.05, 4.69) is 19.0 Å². The molecule has 1 unspecified atom stereocenters. The van der Waals surface area contributed by atoms with E-state index in [1.54, 1.807) is 6.26 Å². The third kappa shape index (κ3) is 2.86. The van der Waals surface area contributed by atoms with E-state index in [-0.39, 0.29) is 0 Å². The van der Waals surface area contributed by atoms with Crippen molar-refractivity contribution in [3.05, 3.63) is 24.2 Å². The summed E-state index contributed by atoms with van der Waals surface area (Å²) in [6.45, 7) is 0.741. The molecule has 2 N–H and O–H groups in total. The maximum absolute atomic E-state index is 5.48. The van der Waals surface area contributed by atoms with E-state index in [9.17, 15) is 0 Å². The van der Waals surface area contributed by atoms with Gasteiger partial charge in [-0.15, -0.1) is 0 Å². The Hall–Kier alpha value is -0.800. The normalized spacial score (nSPS) is 13.5. The Kier molecular flexibility index (Phi) is 3.99. The van der Waals surface area contributed by atoms with Gasteiger partial charge < -0.3 is 10.2 Å². The standard InChI is InChI=1S/C10H18N2O/c1-12(2)9(5-3-7-11)10-6-4-8-13-10/h4,6,8-9H,3,5,7,11H2,1-2H3. The quantitative estimate of drug-likeness (QED) is 0.752. The lowest BCUT2D eigenvalue weighted by Gasteiger charge is -2.21. The van der Waals surface area contributed by atoms with Crippen molar-refractivity contribution in [1.29, 1.82) is 0 Å². The van der Waals surface area contributed by atoms with Gasteiger partial charge in [-0.05, 0) is 45.6 Å². The van der Waals surface area contributed by atoms with Crippen LogP contribution in [0.15, 0.2) is 22.8 Å². The highest BCUT2D eigenvalue weighted by atomic mass is 16.3. The molecule has 0 aliphatic rings. The molecule has 1 aromatic heterocycles. The Bertz CT molecular complexity index is 219. The fourth-order valence-corrected chi connectivity index (χ4v) is 1.45. The average molecular weight is 182 g/mol. The summed E-state index contributed by atoms with van der Waals surface area (Å²) in [4.78, 5) is 2.16. The number of nitrogens with zero attached hydrogens (tertiary/aromatic N) is 1. The van der Waals surface area contributed by atoms with Gasteiger partial charge in [0.15, 0.2) is 0 Å². The molecule has 0 spiro atoms. The van der Waals surface area contributed by atoms with Crippen LogP contribution in [-0.4, -0.2) is 25.5 Å². The Morgan fingerprint density at radius 1 is 1.54 bits per heavy atom. The van der Waals surface area contributed by atoms with Crippen LogP contribution < -0.4 is 5.73 Å². The fourth-order valence-electron chi connectivity index (χ4n) is 1.45. The second-order valence-electron chi connectivity index (χ2n) is 3.43. The maximum Gasteiger partial charge on any atom is 0.120 e. The van der Waals surface area contributed by atoms with Gasteiger partial charge in [0, 0.05) is 0 Å². The molecule has 0 aliphatic carbocycles. The molecular weight excluding hydrogens is 164 g/mol. The Labute approximate surface area is 79.5 Å². The lowest BCUT2D eigenvalue weighted by Crippen LogP contribution is -2.20. The summed E-state index contributed by atoms with van der Waals surface area (Å²) >= 11 is 0. The molecule has 0 aliphatic heterocycles. The monoisotopic (exact) mass is 182 g/mol. The van der Waals surface area contributed by atoms with E-state index < -0.39 is 0 Å². The van der Waals surface area contributed by atoms with Crippen LogP contribution in [0.4, 0.5) is 0 Å². The number of furan rings is 1. The van der Waals surface area contributed by atoms with Crippen LogP contribution in [0, 0.1) is 0 Å². The molecule has 1 rings (SSSR count). The van der Waals surface area contributed by atoms with Gasteiger partial charge in [0.1, 0.15) is 5.76 Å². The van der Waals surface area contributed by atoms with Crippen LogP contribution in [0.2, 0.25) is 0 Å². The molecule has 0 saturated carbocycles. The molecule has 1 aromatic rings. The van der Waals surface area contributed by atoms with Crippen LogP contribution in [0.25, 0.3) is 0 Å². The van der Waals surface area contributed by atoms with E-state index in [0.29, 0.717) is 6.04 Å². The number of nitrogens with two attached hydrogens (primary N) is 1. The number of hydrogen-bond donors (Lipinski definition) is 1. The van der Waals surface area contributed by atoms with E-state index >= 15 is 0 Å². The molecule has 0 amide bonds. The topological polar surface area (TPSA) is 42.4 Å². The first-order chi connectivity index (χ1) is 6.25. The summed E-state index contributed by atoms with van der Waals surface area (Å²) in [6.07, 6.45) is 3.80. The van der Waals surface area contributed by atoms with Gasteiger partial charge in [0.25, 0.3) is 0 Å². The first-order valence-corrected chi connectivity index (χ1v) is 4.65. The predicted molar refractivity (Wildman–Crippen MR) is 53.4 cm³/mol. The molecule has 0 aromatic carbocycles. The van der Waals surface area contributed by atoms with Gasteiger partial charge in [-0.25, -0.2) is 0 Å². The van der Waals surface area contributed by atoms with Crippen molar-refractivity contribution in [2.24, 2.45) is 5.73 Å². The fraction of sp³-hybridized carbons (Fsp3) is 0.600. The Morgan fingerprint density at radius 3 is 2.77 bits per heavy atom. The molecule has 0 radical (unpaired) electrons. The number of rotatable bonds is 5. The summed E-state index contributed by atoms with van der Waals surface area (Å²) in [6, 6.07) is 4.30. The highest BCUT2D eigenvalue weighted by molar-refractivity contribution is 5.04. The third-order valence-electron chi connectivity index (χ3n) is 2.18. The molecule has 3 heteroatoms. The average Bonchev–Trinajstić information content (AvgIpc) is 2.57. The van der Waals surface area contributed by atoms with Crippen LogP contribution in [0.1, 0.15) is 24.6 Å². The SMILES string of the molecule is CN(C)C(CCCN)c1ccco1. The van der Waals surface area contributed by atoms with Gasteiger partial charge >= 0.3 is 0 Å². The summed E-state index contributed by atoms with van der Waals surface area (Å²) < 4.78 is 5.37. The maximum atomic E-state index is 5.48. The Morgan fingerprint density at radius 2 is 2.31 bits per heavy atom.